The fraction of sp³-hybridized carbons (Fsp3) is 0.250. The molecule has 90 valence electrons. The molecule has 0 aliphatic heterocycles. The van der Waals surface area contributed by atoms with Crippen molar-refractivity contribution in [1.82, 2.24) is 9.55 Å². The van der Waals surface area contributed by atoms with Gasteiger partial charge in [-0.25, -0.2) is 9.37 Å². The molecule has 1 unspecified atom stereocenters. The zero-order valence-corrected chi connectivity index (χ0v) is 11.0. The van der Waals surface area contributed by atoms with Gasteiger partial charge in [0.05, 0.1) is 18.1 Å². The number of nitrogens with two attached hydrogens (primary N) is 1. The number of nitrogens with zero attached hydrogens (tertiary/aromatic N) is 2. The van der Waals surface area contributed by atoms with Crippen LogP contribution in [-0.2, 0) is 13.5 Å². The lowest BCUT2D eigenvalue weighted by molar-refractivity contribution is 0.589. The maximum absolute atomic E-state index is 13.6. The van der Waals surface area contributed by atoms with Gasteiger partial charge < -0.3 is 10.3 Å². The summed E-state index contributed by atoms with van der Waals surface area (Å²) in [5, 5.41) is 0. The van der Waals surface area contributed by atoms with Gasteiger partial charge in [-0.15, -0.1) is 0 Å². The maximum atomic E-state index is 13.6. The zero-order valence-electron chi connectivity index (χ0n) is 9.40. The Kier molecular flexibility index (Phi) is 3.59. The predicted molar refractivity (Wildman–Crippen MR) is 67.9 cm³/mol. The summed E-state index contributed by atoms with van der Waals surface area (Å²) in [5.74, 6) is -0.245. The van der Waals surface area contributed by atoms with Crippen LogP contribution in [0.5, 0.6) is 0 Å². The van der Waals surface area contributed by atoms with Crippen molar-refractivity contribution in [2.75, 3.05) is 0 Å². The Bertz CT molecular complexity index is 524. The lowest BCUT2D eigenvalue weighted by atomic mass is 10.0. The van der Waals surface area contributed by atoms with Gasteiger partial charge in [0.1, 0.15) is 5.82 Å². The number of benzene rings is 1. The minimum atomic E-state index is -0.285. The van der Waals surface area contributed by atoms with Crippen molar-refractivity contribution >= 4 is 15.9 Å². The molecule has 1 heterocycles. The summed E-state index contributed by atoms with van der Waals surface area (Å²) in [4.78, 5) is 4.17. The molecule has 1 aromatic carbocycles. The molecule has 3 nitrogen and oxygen atoms in total. The highest BCUT2D eigenvalue weighted by atomic mass is 79.9. The van der Waals surface area contributed by atoms with Crippen LogP contribution in [0.1, 0.15) is 17.3 Å². The van der Waals surface area contributed by atoms with Crippen molar-refractivity contribution in [3.63, 3.8) is 0 Å². The lowest BCUT2D eigenvalue weighted by Gasteiger charge is -2.09. The number of rotatable bonds is 3. The molecule has 17 heavy (non-hydrogen) atoms. The minimum absolute atomic E-state index is 0.245. The predicted octanol–water partition coefficient (Wildman–Crippen LogP) is 2.56. The van der Waals surface area contributed by atoms with E-state index in [2.05, 4.69) is 20.9 Å². The quantitative estimate of drug-likeness (QED) is 0.946. The van der Waals surface area contributed by atoms with E-state index in [0.717, 1.165) is 10.2 Å². The number of halogens is 2. The van der Waals surface area contributed by atoms with Gasteiger partial charge in [0.25, 0.3) is 0 Å². The van der Waals surface area contributed by atoms with Crippen LogP contribution in [0, 0.1) is 5.82 Å². The normalized spacial score (nSPS) is 12.7. The molecule has 0 aliphatic rings. The van der Waals surface area contributed by atoms with Gasteiger partial charge in [-0.2, -0.15) is 0 Å². The third-order valence-electron chi connectivity index (χ3n) is 2.56. The van der Waals surface area contributed by atoms with Crippen molar-refractivity contribution in [3.05, 3.63) is 52.3 Å². The summed E-state index contributed by atoms with van der Waals surface area (Å²) < 4.78 is 16.2. The van der Waals surface area contributed by atoms with Crippen LogP contribution in [0.3, 0.4) is 0 Å². The Morgan fingerprint density at radius 2 is 2.29 bits per heavy atom. The second-order valence-corrected chi connectivity index (χ2v) is 4.93. The molecule has 0 aliphatic carbocycles. The molecule has 0 spiro atoms. The molecule has 0 bridgehead atoms. The van der Waals surface area contributed by atoms with E-state index in [9.17, 15) is 4.39 Å². The first-order chi connectivity index (χ1) is 8.06. The van der Waals surface area contributed by atoms with Crippen molar-refractivity contribution in [2.45, 2.75) is 12.5 Å². The average Bonchev–Trinajstić information content (AvgIpc) is 2.69. The van der Waals surface area contributed by atoms with Gasteiger partial charge in [-0.3, -0.25) is 0 Å². The molecule has 0 saturated heterocycles. The molecular weight excluding hydrogens is 285 g/mol. The van der Waals surface area contributed by atoms with E-state index in [1.165, 1.54) is 6.07 Å². The number of aryl methyl sites for hydroxylation is 1. The Hall–Kier alpha value is -1.20. The van der Waals surface area contributed by atoms with Crippen LogP contribution in [0.15, 0.2) is 35.2 Å². The Balaban J connectivity index is 2.15. The van der Waals surface area contributed by atoms with Crippen molar-refractivity contribution in [1.29, 1.82) is 0 Å². The molecule has 1 atom stereocenters. The van der Waals surface area contributed by atoms with E-state index in [1.807, 2.05) is 23.9 Å². The highest BCUT2D eigenvalue weighted by Gasteiger charge is 2.12. The highest BCUT2D eigenvalue weighted by molar-refractivity contribution is 9.10. The Morgan fingerprint density at radius 3 is 2.88 bits per heavy atom. The summed E-state index contributed by atoms with van der Waals surface area (Å²) in [6.45, 7) is 0. The maximum Gasteiger partial charge on any atom is 0.127 e. The van der Waals surface area contributed by atoms with E-state index < -0.39 is 0 Å². The van der Waals surface area contributed by atoms with Crippen LogP contribution in [-0.4, -0.2) is 9.55 Å². The lowest BCUT2D eigenvalue weighted by Crippen LogP contribution is -2.14. The van der Waals surface area contributed by atoms with Crippen LogP contribution < -0.4 is 5.73 Å². The van der Waals surface area contributed by atoms with Crippen LogP contribution in [0.4, 0.5) is 4.39 Å². The number of hydrogen-bond donors (Lipinski definition) is 1. The zero-order chi connectivity index (χ0) is 12.4. The molecule has 2 aromatic rings. The Labute approximate surface area is 108 Å². The summed E-state index contributed by atoms with van der Waals surface area (Å²) in [7, 11) is 1.88. The SMILES string of the molecule is Cn1cnc(C(N)Cc2ccc(Br)cc2F)c1. The second kappa shape index (κ2) is 4.98. The van der Waals surface area contributed by atoms with Crippen LogP contribution >= 0.6 is 15.9 Å². The van der Waals surface area contributed by atoms with Gasteiger partial charge in [0.2, 0.25) is 0 Å². The van der Waals surface area contributed by atoms with E-state index in [0.29, 0.717) is 12.0 Å². The molecular formula is C12H13BrFN3. The largest absolute Gasteiger partial charge is 0.340 e. The minimum Gasteiger partial charge on any atom is -0.340 e. The van der Waals surface area contributed by atoms with E-state index in [4.69, 9.17) is 5.73 Å². The van der Waals surface area contributed by atoms with Crippen LogP contribution in [0.2, 0.25) is 0 Å². The summed E-state index contributed by atoms with van der Waals surface area (Å²) >= 11 is 3.22. The fourth-order valence-corrected chi connectivity index (χ4v) is 1.99. The van der Waals surface area contributed by atoms with Gasteiger partial charge in [-0.1, -0.05) is 22.0 Å². The third kappa shape index (κ3) is 2.92. The fourth-order valence-electron chi connectivity index (χ4n) is 1.65. The molecule has 2 N–H and O–H groups in total. The highest BCUT2D eigenvalue weighted by Crippen LogP contribution is 2.20. The number of hydrogen-bond acceptors (Lipinski definition) is 2. The van der Waals surface area contributed by atoms with Crippen LogP contribution in [0.25, 0.3) is 0 Å². The first kappa shape index (κ1) is 12.3. The van der Waals surface area contributed by atoms with Gasteiger partial charge in [0, 0.05) is 17.7 Å². The van der Waals surface area contributed by atoms with Crippen molar-refractivity contribution in [3.8, 4) is 0 Å². The summed E-state index contributed by atoms with van der Waals surface area (Å²) in [6, 6.07) is 4.71. The van der Waals surface area contributed by atoms with Crippen molar-refractivity contribution in [2.24, 2.45) is 12.8 Å². The monoisotopic (exact) mass is 297 g/mol. The smallest absolute Gasteiger partial charge is 0.127 e. The summed E-state index contributed by atoms with van der Waals surface area (Å²) in [5.41, 5.74) is 7.37. The number of aromatic nitrogens is 2. The molecule has 5 heteroatoms. The van der Waals surface area contributed by atoms with Gasteiger partial charge >= 0.3 is 0 Å². The van der Waals surface area contributed by atoms with E-state index in [1.54, 1.807) is 12.4 Å². The standard InChI is InChI=1S/C12H13BrFN3/c1-17-6-12(16-7-17)11(15)4-8-2-3-9(13)5-10(8)14/h2-3,5-7,11H,4,15H2,1H3. The molecule has 2 rings (SSSR count). The topological polar surface area (TPSA) is 43.8 Å². The average molecular weight is 298 g/mol. The first-order valence-corrected chi connectivity index (χ1v) is 6.03. The molecule has 0 saturated carbocycles. The molecule has 0 fully saturated rings. The summed E-state index contributed by atoms with van der Waals surface area (Å²) in [6.07, 6.45) is 3.98. The number of imidazole rings is 1. The second-order valence-electron chi connectivity index (χ2n) is 4.01. The molecule has 0 radical (unpaired) electrons. The molecule has 1 aromatic heterocycles. The Morgan fingerprint density at radius 1 is 1.53 bits per heavy atom. The van der Waals surface area contributed by atoms with E-state index >= 15 is 0 Å². The van der Waals surface area contributed by atoms with E-state index in [-0.39, 0.29) is 11.9 Å². The van der Waals surface area contributed by atoms with Gasteiger partial charge in [-0.05, 0) is 24.1 Å². The first-order valence-electron chi connectivity index (χ1n) is 5.23. The molecule has 0 amide bonds. The third-order valence-corrected chi connectivity index (χ3v) is 3.05. The van der Waals surface area contributed by atoms with Gasteiger partial charge in [0.15, 0.2) is 0 Å². The van der Waals surface area contributed by atoms with Crippen molar-refractivity contribution < 1.29 is 4.39 Å².